The van der Waals surface area contributed by atoms with E-state index in [0.29, 0.717) is 5.56 Å². The highest BCUT2D eigenvalue weighted by atomic mass is 32.2. The van der Waals surface area contributed by atoms with Crippen LogP contribution in [0.4, 0.5) is 4.39 Å². The summed E-state index contributed by atoms with van der Waals surface area (Å²) in [6.45, 7) is 1.53. The number of rotatable bonds is 5. The van der Waals surface area contributed by atoms with E-state index in [0.717, 1.165) is 0 Å². The topological polar surface area (TPSA) is 84.2 Å². The van der Waals surface area contributed by atoms with E-state index in [1.165, 1.54) is 48.3 Å². The molecule has 8 heteroatoms. The maximum absolute atomic E-state index is 12.8. The molecule has 1 aromatic carbocycles. The Kier molecular flexibility index (Phi) is 4.40. The highest BCUT2D eigenvalue weighted by Crippen LogP contribution is 2.19. The van der Waals surface area contributed by atoms with Gasteiger partial charge in [0.15, 0.2) is 0 Å². The molecule has 0 aliphatic heterocycles. The van der Waals surface area contributed by atoms with Gasteiger partial charge in [0.25, 0.3) is 0 Å². The number of aliphatic hydroxyl groups is 1. The van der Waals surface area contributed by atoms with E-state index in [-0.39, 0.29) is 4.90 Å². The van der Waals surface area contributed by atoms with E-state index in [2.05, 4.69) is 9.82 Å². The Morgan fingerprint density at radius 2 is 1.95 bits per heavy atom. The van der Waals surface area contributed by atoms with Crippen LogP contribution in [0.5, 0.6) is 0 Å². The van der Waals surface area contributed by atoms with Gasteiger partial charge in [-0.05, 0) is 24.6 Å². The Labute approximate surface area is 122 Å². The Bertz CT molecular complexity index is 713. The fourth-order valence-electron chi connectivity index (χ4n) is 1.86. The minimum absolute atomic E-state index is 0.0168. The number of sulfonamides is 1. The molecule has 0 spiro atoms. The lowest BCUT2D eigenvalue weighted by molar-refractivity contribution is 0.146. The summed E-state index contributed by atoms with van der Waals surface area (Å²) in [5, 5.41) is 13.9. The lowest BCUT2D eigenvalue weighted by atomic mass is 10.0. The van der Waals surface area contributed by atoms with Crippen LogP contribution in [-0.4, -0.2) is 29.3 Å². The molecule has 114 valence electrons. The zero-order valence-corrected chi connectivity index (χ0v) is 12.4. The molecule has 6 nitrogen and oxygen atoms in total. The van der Waals surface area contributed by atoms with Gasteiger partial charge in [0.1, 0.15) is 10.7 Å². The van der Waals surface area contributed by atoms with Crippen LogP contribution >= 0.6 is 0 Å². The largest absolute Gasteiger partial charge is 0.387 e. The molecular formula is C13H16FN3O3S. The van der Waals surface area contributed by atoms with Crippen LogP contribution in [0.2, 0.25) is 0 Å². The minimum Gasteiger partial charge on any atom is -0.387 e. The molecule has 1 aromatic heterocycles. The van der Waals surface area contributed by atoms with E-state index in [1.54, 1.807) is 7.05 Å². The number of aliphatic hydroxyl groups excluding tert-OH is 1. The van der Waals surface area contributed by atoms with Crippen molar-refractivity contribution in [3.8, 4) is 0 Å². The van der Waals surface area contributed by atoms with Crippen molar-refractivity contribution < 1.29 is 17.9 Å². The molecule has 2 unspecified atom stereocenters. The predicted octanol–water partition coefficient (Wildman–Crippen LogP) is 0.960. The van der Waals surface area contributed by atoms with E-state index >= 15 is 0 Å². The van der Waals surface area contributed by atoms with Crippen LogP contribution in [-0.2, 0) is 17.1 Å². The first-order valence-corrected chi connectivity index (χ1v) is 7.72. The van der Waals surface area contributed by atoms with Crippen LogP contribution in [0.15, 0.2) is 41.6 Å². The van der Waals surface area contributed by atoms with Gasteiger partial charge in [-0.3, -0.25) is 4.68 Å². The summed E-state index contributed by atoms with van der Waals surface area (Å²) >= 11 is 0. The normalized spacial score (nSPS) is 14.9. The van der Waals surface area contributed by atoms with Gasteiger partial charge < -0.3 is 5.11 Å². The van der Waals surface area contributed by atoms with E-state index in [4.69, 9.17) is 0 Å². The Morgan fingerprint density at radius 3 is 2.48 bits per heavy atom. The van der Waals surface area contributed by atoms with Gasteiger partial charge in [0, 0.05) is 19.3 Å². The molecule has 0 amide bonds. The zero-order valence-electron chi connectivity index (χ0n) is 11.6. The van der Waals surface area contributed by atoms with Crippen LogP contribution in [0.1, 0.15) is 18.6 Å². The standard InChI is InChI=1S/C13H16FN3O3S/c1-9(13(18)10-3-5-11(14)6-4-10)16-21(19,20)12-7-15-17(2)8-12/h3-9,13,16,18H,1-2H3. The fraction of sp³-hybridized carbons (Fsp3) is 0.308. The summed E-state index contributed by atoms with van der Waals surface area (Å²) in [5.74, 6) is -0.422. The summed E-state index contributed by atoms with van der Waals surface area (Å²) in [6, 6.07) is 4.46. The van der Waals surface area contributed by atoms with Gasteiger partial charge in [-0.15, -0.1) is 0 Å². The average Bonchev–Trinajstić information content (AvgIpc) is 2.86. The molecule has 1 heterocycles. The van der Waals surface area contributed by atoms with Crippen LogP contribution in [0, 0.1) is 5.82 Å². The molecule has 0 aliphatic carbocycles. The summed E-state index contributed by atoms with van der Waals surface area (Å²) in [4.78, 5) is 0.0168. The predicted molar refractivity (Wildman–Crippen MR) is 74.4 cm³/mol. The van der Waals surface area contributed by atoms with Gasteiger partial charge >= 0.3 is 0 Å². The molecule has 0 fully saturated rings. The van der Waals surface area contributed by atoms with Gasteiger partial charge in [0.2, 0.25) is 10.0 Å². The smallest absolute Gasteiger partial charge is 0.244 e. The number of nitrogens with one attached hydrogen (secondary N) is 1. The molecule has 0 radical (unpaired) electrons. The minimum atomic E-state index is -3.77. The number of hydrogen-bond acceptors (Lipinski definition) is 4. The van der Waals surface area contributed by atoms with Gasteiger partial charge in [-0.2, -0.15) is 5.10 Å². The van der Waals surface area contributed by atoms with Crippen LogP contribution in [0.3, 0.4) is 0 Å². The van der Waals surface area contributed by atoms with Crippen molar-refractivity contribution in [2.24, 2.45) is 7.05 Å². The van der Waals surface area contributed by atoms with E-state index in [9.17, 15) is 17.9 Å². The highest BCUT2D eigenvalue weighted by Gasteiger charge is 2.24. The summed E-state index contributed by atoms with van der Waals surface area (Å²) < 4.78 is 40.8. The van der Waals surface area contributed by atoms with Crippen molar-refractivity contribution in [3.63, 3.8) is 0 Å². The van der Waals surface area contributed by atoms with Crippen molar-refractivity contribution in [2.45, 2.75) is 24.0 Å². The average molecular weight is 313 g/mol. The zero-order chi connectivity index (χ0) is 15.6. The maximum Gasteiger partial charge on any atom is 0.244 e. The SMILES string of the molecule is CC(NS(=O)(=O)c1cnn(C)c1)C(O)c1ccc(F)cc1. The number of halogens is 1. The second kappa shape index (κ2) is 5.92. The van der Waals surface area contributed by atoms with Crippen molar-refractivity contribution in [1.29, 1.82) is 0 Å². The first-order valence-electron chi connectivity index (χ1n) is 6.24. The molecule has 0 bridgehead atoms. The fourth-order valence-corrected chi connectivity index (χ4v) is 3.10. The molecule has 2 N–H and O–H groups in total. The van der Waals surface area contributed by atoms with Crippen molar-refractivity contribution >= 4 is 10.0 Å². The number of benzene rings is 1. The van der Waals surface area contributed by atoms with Crippen molar-refractivity contribution in [3.05, 3.63) is 48.0 Å². The Morgan fingerprint density at radius 1 is 1.33 bits per heavy atom. The summed E-state index contributed by atoms with van der Waals surface area (Å²) in [6.07, 6.45) is 1.50. The van der Waals surface area contributed by atoms with E-state index < -0.39 is 28.0 Å². The third kappa shape index (κ3) is 3.66. The van der Waals surface area contributed by atoms with Crippen LogP contribution < -0.4 is 4.72 Å². The number of aromatic nitrogens is 2. The summed E-state index contributed by atoms with van der Waals surface area (Å²) in [5.41, 5.74) is 0.429. The van der Waals surface area contributed by atoms with Gasteiger partial charge in [-0.1, -0.05) is 12.1 Å². The van der Waals surface area contributed by atoms with Gasteiger partial charge in [-0.25, -0.2) is 17.5 Å². The Balaban J connectivity index is 2.13. The second-order valence-electron chi connectivity index (χ2n) is 4.76. The monoisotopic (exact) mass is 313 g/mol. The lowest BCUT2D eigenvalue weighted by Crippen LogP contribution is -2.36. The molecule has 0 saturated carbocycles. The Hall–Kier alpha value is -1.77. The molecule has 2 rings (SSSR count). The number of nitrogens with zero attached hydrogens (tertiary/aromatic N) is 2. The van der Waals surface area contributed by atoms with Crippen molar-refractivity contribution in [1.82, 2.24) is 14.5 Å². The molecule has 0 saturated heterocycles. The van der Waals surface area contributed by atoms with Crippen LogP contribution in [0.25, 0.3) is 0 Å². The molecular weight excluding hydrogens is 297 g/mol. The van der Waals surface area contributed by atoms with E-state index in [1.807, 2.05) is 0 Å². The van der Waals surface area contributed by atoms with Crippen molar-refractivity contribution in [2.75, 3.05) is 0 Å². The first-order chi connectivity index (χ1) is 9.79. The highest BCUT2D eigenvalue weighted by molar-refractivity contribution is 7.89. The lowest BCUT2D eigenvalue weighted by Gasteiger charge is -2.20. The first kappa shape index (κ1) is 15.6. The molecule has 21 heavy (non-hydrogen) atoms. The maximum atomic E-state index is 12.8. The number of hydrogen-bond donors (Lipinski definition) is 2. The summed E-state index contributed by atoms with van der Waals surface area (Å²) in [7, 11) is -2.16. The molecule has 2 atom stereocenters. The quantitative estimate of drug-likeness (QED) is 0.861. The third-order valence-corrected chi connectivity index (χ3v) is 4.53. The second-order valence-corrected chi connectivity index (χ2v) is 6.47. The van der Waals surface area contributed by atoms with Gasteiger partial charge in [0.05, 0.1) is 12.3 Å². The molecule has 2 aromatic rings. The third-order valence-electron chi connectivity index (χ3n) is 3.02. The number of aryl methyl sites for hydroxylation is 1. The molecule has 0 aliphatic rings.